The van der Waals surface area contributed by atoms with Crippen LogP contribution in [0.5, 0.6) is 0 Å². The lowest BCUT2D eigenvalue weighted by molar-refractivity contribution is -0.140. The van der Waals surface area contributed by atoms with Gasteiger partial charge in [-0.05, 0) is 25.2 Å². The fraction of sp³-hybridized carbons (Fsp3) is 0.750. The van der Waals surface area contributed by atoms with Crippen LogP contribution in [-0.4, -0.2) is 77.2 Å². The number of piperidine rings is 2. The predicted molar refractivity (Wildman–Crippen MR) is 93.9 cm³/mol. The summed E-state index contributed by atoms with van der Waals surface area (Å²) in [4.78, 5) is 18.4. The van der Waals surface area contributed by atoms with Gasteiger partial charge >= 0.3 is 0 Å². The number of hydrogen-bond acceptors (Lipinski definition) is 4. The minimum Gasteiger partial charge on any atom is -0.339 e. The van der Waals surface area contributed by atoms with Gasteiger partial charge in [-0.25, -0.2) is 4.98 Å². The van der Waals surface area contributed by atoms with Crippen LogP contribution in [0.25, 0.3) is 0 Å². The number of carbonyl (C=O) groups excluding carboxylic acids is 1. The zero-order chi connectivity index (χ0) is 18.0. The summed E-state index contributed by atoms with van der Waals surface area (Å²) >= 11 is 0. The van der Waals surface area contributed by atoms with Crippen LogP contribution in [-0.2, 0) is 21.5 Å². The molecule has 9 heteroatoms. The molecule has 3 rings (SSSR count). The Labute approximate surface area is 149 Å². The maximum absolute atomic E-state index is 12.4. The van der Waals surface area contributed by atoms with Crippen molar-refractivity contribution in [2.24, 2.45) is 5.92 Å². The number of hydrogen-bond donors (Lipinski definition) is 0. The van der Waals surface area contributed by atoms with E-state index in [2.05, 4.69) is 4.98 Å². The molecule has 2 fully saturated rings. The summed E-state index contributed by atoms with van der Waals surface area (Å²) in [5, 5.41) is 0. The van der Waals surface area contributed by atoms with Crippen molar-refractivity contribution in [3.8, 4) is 0 Å². The molecule has 0 spiro atoms. The molecule has 0 N–H and O–H groups in total. The van der Waals surface area contributed by atoms with Gasteiger partial charge in [0.2, 0.25) is 5.91 Å². The highest BCUT2D eigenvalue weighted by molar-refractivity contribution is 7.86. The number of carbonyl (C=O) groups is 1. The highest BCUT2D eigenvalue weighted by Gasteiger charge is 2.42. The molecule has 2 saturated heterocycles. The molecule has 140 valence electrons. The Morgan fingerprint density at radius 3 is 2.76 bits per heavy atom. The van der Waals surface area contributed by atoms with E-state index in [1.807, 2.05) is 15.7 Å². The Kier molecular flexibility index (Phi) is 5.45. The Bertz CT molecular complexity index is 689. The molecule has 1 aromatic heterocycles. The molecule has 0 aliphatic carbocycles. The minimum absolute atomic E-state index is 0.164. The second-order valence-electron chi connectivity index (χ2n) is 7.04. The Balaban J connectivity index is 1.61. The summed E-state index contributed by atoms with van der Waals surface area (Å²) in [6, 6.07) is 0.164. The first kappa shape index (κ1) is 18.3. The third-order valence-corrected chi connectivity index (χ3v) is 7.18. The van der Waals surface area contributed by atoms with Crippen molar-refractivity contribution in [2.45, 2.75) is 38.3 Å². The van der Waals surface area contributed by atoms with E-state index in [4.69, 9.17) is 0 Å². The minimum atomic E-state index is -3.38. The average molecular weight is 369 g/mol. The predicted octanol–water partition coefficient (Wildman–Crippen LogP) is 0.393. The summed E-state index contributed by atoms with van der Waals surface area (Å²) < 4.78 is 29.6. The van der Waals surface area contributed by atoms with Crippen molar-refractivity contribution >= 4 is 16.1 Å². The summed E-state index contributed by atoms with van der Waals surface area (Å²) in [5.41, 5.74) is 0. The number of aromatic nitrogens is 2. The van der Waals surface area contributed by atoms with E-state index in [0.717, 1.165) is 25.9 Å². The van der Waals surface area contributed by atoms with Gasteiger partial charge in [-0.3, -0.25) is 4.79 Å². The first-order valence-electron chi connectivity index (χ1n) is 8.82. The summed E-state index contributed by atoms with van der Waals surface area (Å²) in [5.74, 6) is 0.435. The molecule has 0 saturated carbocycles. The second kappa shape index (κ2) is 7.43. The van der Waals surface area contributed by atoms with Crippen molar-refractivity contribution < 1.29 is 13.2 Å². The van der Waals surface area contributed by atoms with Crippen LogP contribution in [0, 0.1) is 5.92 Å². The van der Waals surface area contributed by atoms with Crippen LogP contribution in [0.1, 0.15) is 25.7 Å². The van der Waals surface area contributed by atoms with Crippen LogP contribution < -0.4 is 0 Å². The van der Waals surface area contributed by atoms with Gasteiger partial charge in [-0.15, -0.1) is 0 Å². The van der Waals surface area contributed by atoms with E-state index in [9.17, 15) is 13.2 Å². The van der Waals surface area contributed by atoms with Crippen LogP contribution in [0.3, 0.4) is 0 Å². The van der Waals surface area contributed by atoms with E-state index >= 15 is 0 Å². The monoisotopic (exact) mass is 369 g/mol. The molecule has 2 aliphatic rings. The molecular formula is C16H27N5O3S. The van der Waals surface area contributed by atoms with Crippen molar-refractivity contribution in [2.75, 3.05) is 33.7 Å². The van der Waals surface area contributed by atoms with Gasteiger partial charge in [0.15, 0.2) is 0 Å². The number of amides is 1. The maximum atomic E-state index is 12.4. The van der Waals surface area contributed by atoms with E-state index in [1.165, 1.54) is 4.31 Å². The summed E-state index contributed by atoms with van der Waals surface area (Å²) in [7, 11) is -0.248. The topological polar surface area (TPSA) is 78.8 Å². The lowest BCUT2D eigenvalue weighted by Gasteiger charge is -2.47. The first-order valence-corrected chi connectivity index (χ1v) is 10.2. The average Bonchev–Trinajstić information content (AvgIpc) is 3.09. The number of rotatable bonds is 6. The lowest BCUT2D eigenvalue weighted by atomic mass is 9.84. The fourth-order valence-corrected chi connectivity index (χ4v) is 5.07. The molecule has 3 heterocycles. The zero-order valence-electron chi connectivity index (χ0n) is 14.9. The van der Waals surface area contributed by atoms with Crippen LogP contribution >= 0.6 is 0 Å². The van der Waals surface area contributed by atoms with Gasteiger partial charge in [0.05, 0.1) is 6.33 Å². The standard InChI is InChI=1S/C16H27N5O3S/c1-18(2)25(23,24)20-10-6-15-14(12-20)4-5-16(22)21(15)9-3-8-19-11-7-17-13-19/h7,11,13-15H,3-6,8-10,12H2,1-2H3/t14-,15+/m0/s1. The Hall–Kier alpha value is -1.45. The molecule has 0 aromatic carbocycles. The van der Waals surface area contributed by atoms with Crippen LogP contribution in [0.15, 0.2) is 18.7 Å². The number of fused-ring (bicyclic) bond motifs is 1. The van der Waals surface area contributed by atoms with Crippen molar-refractivity contribution in [1.82, 2.24) is 23.1 Å². The third-order valence-electron chi connectivity index (χ3n) is 5.27. The van der Waals surface area contributed by atoms with E-state index in [0.29, 0.717) is 25.9 Å². The van der Waals surface area contributed by atoms with Gasteiger partial charge < -0.3 is 9.47 Å². The Morgan fingerprint density at radius 1 is 1.28 bits per heavy atom. The molecule has 8 nitrogen and oxygen atoms in total. The SMILES string of the molecule is CN(C)S(=O)(=O)N1CC[C@@H]2[C@@H](CCC(=O)N2CCCn2ccnc2)C1. The van der Waals surface area contributed by atoms with E-state index in [1.54, 1.807) is 30.9 Å². The third kappa shape index (κ3) is 3.88. The number of nitrogens with zero attached hydrogens (tertiary/aromatic N) is 5. The van der Waals surface area contributed by atoms with Gasteiger partial charge in [0, 0.05) is 65.1 Å². The summed E-state index contributed by atoms with van der Waals surface area (Å²) in [6.07, 6.45) is 8.35. The Morgan fingerprint density at radius 2 is 2.08 bits per heavy atom. The van der Waals surface area contributed by atoms with Crippen molar-refractivity contribution in [3.05, 3.63) is 18.7 Å². The molecule has 2 atom stereocenters. The van der Waals surface area contributed by atoms with Crippen molar-refractivity contribution in [3.63, 3.8) is 0 Å². The molecular weight excluding hydrogens is 342 g/mol. The molecule has 0 unspecified atom stereocenters. The normalized spacial score (nSPS) is 25.4. The summed E-state index contributed by atoms with van der Waals surface area (Å²) in [6.45, 7) is 2.55. The number of imidazole rings is 1. The molecule has 0 bridgehead atoms. The van der Waals surface area contributed by atoms with E-state index in [-0.39, 0.29) is 17.9 Å². The van der Waals surface area contributed by atoms with Gasteiger partial charge in [0.1, 0.15) is 0 Å². The highest BCUT2D eigenvalue weighted by atomic mass is 32.2. The van der Waals surface area contributed by atoms with Gasteiger partial charge in [0.25, 0.3) is 10.2 Å². The molecule has 0 radical (unpaired) electrons. The smallest absolute Gasteiger partial charge is 0.281 e. The van der Waals surface area contributed by atoms with Crippen LogP contribution in [0.2, 0.25) is 0 Å². The quantitative estimate of drug-likeness (QED) is 0.727. The largest absolute Gasteiger partial charge is 0.339 e. The maximum Gasteiger partial charge on any atom is 0.281 e. The lowest BCUT2D eigenvalue weighted by Crippen LogP contribution is -2.58. The molecule has 1 aromatic rings. The van der Waals surface area contributed by atoms with E-state index < -0.39 is 10.2 Å². The number of likely N-dealkylation sites (tertiary alicyclic amines) is 1. The molecule has 2 aliphatic heterocycles. The molecule has 1 amide bonds. The van der Waals surface area contributed by atoms with Gasteiger partial charge in [-0.2, -0.15) is 17.0 Å². The zero-order valence-corrected chi connectivity index (χ0v) is 15.7. The van der Waals surface area contributed by atoms with Gasteiger partial charge in [-0.1, -0.05) is 0 Å². The second-order valence-corrected chi connectivity index (χ2v) is 9.19. The van der Waals surface area contributed by atoms with Crippen molar-refractivity contribution in [1.29, 1.82) is 0 Å². The number of aryl methyl sites for hydroxylation is 1. The molecule has 25 heavy (non-hydrogen) atoms. The highest BCUT2D eigenvalue weighted by Crippen LogP contribution is 2.32. The van der Waals surface area contributed by atoms with Crippen LogP contribution in [0.4, 0.5) is 0 Å². The fourth-order valence-electron chi connectivity index (χ4n) is 3.89. The first-order chi connectivity index (χ1) is 11.9.